The van der Waals surface area contributed by atoms with Gasteiger partial charge in [-0.3, -0.25) is 0 Å². The van der Waals surface area contributed by atoms with Crippen LogP contribution in [0.1, 0.15) is 35.7 Å². The van der Waals surface area contributed by atoms with Crippen LogP contribution in [-0.2, 0) is 6.42 Å². The zero-order valence-corrected chi connectivity index (χ0v) is 15.3. The van der Waals surface area contributed by atoms with Gasteiger partial charge in [-0.1, -0.05) is 43.7 Å². The zero-order valence-electron chi connectivity index (χ0n) is 15.3. The number of aryl methyl sites for hydroxylation is 1. The topological polar surface area (TPSA) is 37.3 Å². The molecule has 144 valence electrons. The summed E-state index contributed by atoms with van der Waals surface area (Å²) in [5.74, 6) is -5.04. The van der Waals surface area contributed by atoms with Gasteiger partial charge in [0, 0.05) is 0 Å². The van der Waals surface area contributed by atoms with Crippen molar-refractivity contribution in [2.75, 3.05) is 0 Å². The van der Waals surface area contributed by atoms with Crippen LogP contribution >= 0.6 is 0 Å². The van der Waals surface area contributed by atoms with Gasteiger partial charge in [-0.2, -0.15) is 0 Å². The molecule has 0 saturated carbocycles. The SMILES string of the molecule is CCCCc1ccc(-c2ccc(C(=O)O)cc2)c(-c2cc(F)c(F)c(F)c2)c1. The fourth-order valence-electron chi connectivity index (χ4n) is 3.12. The van der Waals surface area contributed by atoms with Crippen LogP contribution in [0.2, 0.25) is 0 Å². The number of hydrogen-bond donors (Lipinski definition) is 1. The monoisotopic (exact) mass is 384 g/mol. The van der Waals surface area contributed by atoms with Crippen molar-refractivity contribution in [1.82, 2.24) is 0 Å². The average molecular weight is 384 g/mol. The van der Waals surface area contributed by atoms with E-state index in [1.54, 1.807) is 12.1 Å². The fraction of sp³-hybridized carbons (Fsp3) is 0.174. The lowest BCUT2D eigenvalue weighted by atomic mass is 9.91. The highest BCUT2D eigenvalue weighted by molar-refractivity contribution is 5.89. The van der Waals surface area contributed by atoms with E-state index in [2.05, 4.69) is 6.92 Å². The van der Waals surface area contributed by atoms with Crippen LogP contribution in [0.5, 0.6) is 0 Å². The first kappa shape index (κ1) is 19.7. The predicted octanol–water partition coefficient (Wildman–Crippen LogP) is 6.48. The maximum Gasteiger partial charge on any atom is 0.335 e. The molecule has 3 rings (SSSR count). The standard InChI is InChI=1S/C23H19F3O2/c1-2-3-4-14-5-10-18(15-6-8-16(9-7-15)23(27)28)19(11-14)17-12-20(24)22(26)21(25)13-17/h5-13H,2-4H2,1H3,(H,27,28). The summed E-state index contributed by atoms with van der Waals surface area (Å²) in [6, 6.07) is 13.8. The normalized spacial score (nSPS) is 10.9. The van der Waals surface area contributed by atoms with Gasteiger partial charge in [0.05, 0.1) is 5.56 Å². The molecule has 0 atom stereocenters. The minimum Gasteiger partial charge on any atom is -0.478 e. The number of halogens is 3. The van der Waals surface area contributed by atoms with Crippen LogP contribution in [0.25, 0.3) is 22.3 Å². The summed E-state index contributed by atoms with van der Waals surface area (Å²) in [5.41, 5.74) is 3.33. The molecule has 0 spiro atoms. The molecule has 1 N–H and O–H groups in total. The molecule has 0 aliphatic rings. The number of carboxylic acid groups (broad SMARTS) is 1. The summed E-state index contributed by atoms with van der Waals surface area (Å²) in [6.45, 7) is 2.07. The second-order valence-electron chi connectivity index (χ2n) is 6.62. The van der Waals surface area contributed by atoms with Gasteiger partial charge in [0.1, 0.15) is 0 Å². The average Bonchev–Trinajstić information content (AvgIpc) is 2.70. The largest absolute Gasteiger partial charge is 0.478 e. The summed E-state index contributed by atoms with van der Waals surface area (Å²) in [5, 5.41) is 9.07. The van der Waals surface area contributed by atoms with Crippen LogP contribution < -0.4 is 0 Å². The minimum absolute atomic E-state index is 0.142. The second kappa shape index (κ2) is 8.30. The Morgan fingerprint density at radius 3 is 2.07 bits per heavy atom. The molecule has 5 heteroatoms. The van der Waals surface area contributed by atoms with Crippen molar-refractivity contribution in [3.63, 3.8) is 0 Å². The van der Waals surface area contributed by atoms with E-state index < -0.39 is 23.4 Å². The third-order valence-corrected chi connectivity index (χ3v) is 4.64. The molecule has 0 fully saturated rings. The predicted molar refractivity (Wildman–Crippen MR) is 103 cm³/mol. The lowest BCUT2D eigenvalue weighted by Crippen LogP contribution is -1.97. The molecular weight excluding hydrogens is 365 g/mol. The number of benzene rings is 3. The molecule has 0 saturated heterocycles. The van der Waals surface area contributed by atoms with Crippen molar-refractivity contribution >= 4 is 5.97 Å². The highest BCUT2D eigenvalue weighted by Gasteiger charge is 2.15. The Balaban J connectivity index is 2.15. The lowest BCUT2D eigenvalue weighted by molar-refractivity contribution is 0.0697. The summed E-state index contributed by atoms with van der Waals surface area (Å²) in [4.78, 5) is 11.1. The molecule has 0 bridgehead atoms. The van der Waals surface area contributed by atoms with Crippen LogP contribution in [-0.4, -0.2) is 11.1 Å². The molecule has 0 aliphatic heterocycles. The number of aromatic carboxylic acids is 1. The zero-order chi connectivity index (χ0) is 20.3. The quantitative estimate of drug-likeness (QED) is 0.494. The first-order chi connectivity index (χ1) is 13.4. The molecule has 2 nitrogen and oxygen atoms in total. The van der Waals surface area contributed by atoms with E-state index in [1.807, 2.05) is 18.2 Å². The molecule has 28 heavy (non-hydrogen) atoms. The van der Waals surface area contributed by atoms with Gasteiger partial charge in [0.15, 0.2) is 17.5 Å². The van der Waals surface area contributed by atoms with Gasteiger partial charge in [-0.15, -0.1) is 0 Å². The fourth-order valence-corrected chi connectivity index (χ4v) is 3.12. The third-order valence-electron chi connectivity index (χ3n) is 4.64. The maximum absolute atomic E-state index is 13.8. The van der Waals surface area contributed by atoms with Crippen molar-refractivity contribution in [2.24, 2.45) is 0 Å². The molecular formula is C23H19F3O2. The van der Waals surface area contributed by atoms with Crippen molar-refractivity contribution in [2.45, 2.75) is 26.2 Å². The molecule has 3 aromatic rings. The third kappa shape index (κ3) is 4.09. The summed E-state index contributed by atoms with van der Waals surface area (Å²) < 4.78 is 41.1. The van der Waals surface area contributed by atoms with E-state index in [0.717, 1.165) is 37.0 Å². The van der Waals surface area contributed by atoms with Crippen LogP contribution in [0.15, 0.2) is 54.6 Å². The Morgan fingerprint density at radius 2 is 1.50 bits per heavy atom. The smallest absolute Gasteiger partial charge is 0.335 e. The Hall–Kier alpha value is -3.08. The molecule has 0 aromatic heterocycles. The van der Waals surface area contributed by atoms with E-state index in [1.165, 1.54) is 12.1 Å². The van der Waals surface area contributed by atoms with E-state index in [0.29, 0.717) is 16.7 Å². The Kier molecular flexibility index (Phi) is 5.83. The van der Waals surface area contributed by atoms with Gasteiger partial charge in [-0.25, -0.2) is 18.0 Å². The maximum atomic E-state index is 13.8. The first-order valence-corrected chi connectivity index (χ1v) is 9.02. The van der Waals surface area contributed by atoms with Gasteiger partial charge in [-0.05, 0) is 64.9 Å². The molecule has 0 aliphatic carbocycles. The van der Waals surface area contributed by atoms with Crippen LogP contribution in [0.4, 0.5) is 13.2 Å². The lowest BCUT2D eigenvalue weighted by Gasteiger charge is -2.14. The highest BCUT2D eigenvalue weighted by atomic mass is 19.2. The molecule has 0 heterocycles. The van der Waals surface area contributed by atoms with Gasteiger partial charge in [0.2, 0.25) is 0 Å². The van der Waals surface area contributed by atoms with Gasteiger partial charge in [0.25, 0.3) is 0 Å². The van der Waals surface area contributed by atoms with Crippen LogP contribution in [0.3, 0.4) is 0 Å². The second-order valence-corrected chi connectivity index (χ2v) is 6.62. The Morgan fingerprint density at radius 1 is 0.857 bits per heavy atom. The Bertz CT molecular complexity index is 988. The number of unbranched alkanes of at least 4 members (excludes halogenated alkanes) is 1. The van der Waals surface area contributed by atoms with E-state index >= 15 is 0 Å². The number of rotatable bonds is 6. The summed E-state index contributed by atoms with van der Waals surface area (Å²) in [7, 11) is 0. The van der Waals surface area contributed by atoms with Crippen molar-refractivity contribution in [3.8, 4) is 22.3 Å². The van der Waals surface area contributed by atoms with Gasteiger partial charge < -0.3 is 5.11 Å². The molecule has 0 radical (unpaired) electrons. The van der Waals surface area contributed by atoms with Crippen molar-refractivity contribution in [1.29, 1.82) is 0 Å². The van der Waals surface area contributed by atoms with E-state index in [4.69, 9.17) is 5.11 Å². The number of hydrogen-bond acceptors (Lipinski definition) is 1. The summed E-state index contributed by atoms with van der Waals surface area (Å²) >= 11 is 0. The number of carbonyl (C=O) groups is 1. The van der Waals surface area contributed by atoms with E-state index in [-0.39, 0.29) is 11.1 Å². The first-order valence-electron chi connectivity index (χ1n) is 9.02. The molecule has 0 amide bonds. The van der Waals surface area contributed by atoms with Gasteiger partial charge >= 0.3 is 5.97 Å². The highest BCUT2D eigenvalue weighted by Crippen LogP contribution is 2.35. The molecule has 0 unspecified atom stereocenters. The summed E-state index contributed by atoms with van der Waals surface area (Å²) in [6.07, 6.45) is 2.79. The minimum atomic E-state index is -1.50. The van der Waals surface area contributed by atoms with Crippen molar-refractivity contribution in [3.05, 3.63) is 83.2 Å². The van der Waals surface area contributed by atoms with E-state index in [9.17, 15) is 18.0 Å². The number of carboxylic acids is 1. The van der Waals surface area contributed by atoms with Crippen molar-refractivity contribution < 1.29 is 23.1 Å². The Labute approximate surface area is 161 Å². The van der Waals surface area contributed by atoms with Crippen LogP contribution in [0, 0.1) is 17.5 Å². The molecule has 3 aromatic carbocycles.